The summed E-state index contributed by atoms with van der Waals surface area (Å²) in [6, 6.07) is 12.6. The summed E-state index contributed by atoms with van der Waals surface area (Å²) in [5.41, 5.74) is 1.80. The lowest BCUT2D eigenvalue weighted by Gasteiger charge is -2.27. The largest absolute Gasteiger partial charge is 0.492 e. The van der Waals surface area contributed by atoms with Crippen LogP contribution < -0.4 is 30.7 Å². The predicted molar refractivity (Wildman–Crippen MR) is 209 cm³/mol. The summed E-state index contributed by atoms with van der Waals surface area (Å²) in [7, 11) is 0. The van der Waals surface area contributed by atoms with Gasteiger partial charge in [-0.1, -0.05) is 17.7 Å². The Kier molecular flexibility index (Phi) is 13.6. The van der Waals surface area contributed by atoms with Gasteiger partial charge in [-0.15, -0.1) is 0 Å². The van der Waals surface area contributed by atoms with E-state index in [1.165, 1.54) is 42.6 Å². The molecule has 0 spiro atoms. The number of aromatic nitrogens is 1. The van der Waals surface area contributed by atoms with Gasteiger partial charge in [0.15, 0.2) is 6.61 Å². The molecular formula is C40H37ClFN7O10. The highest BCUT2D eigenvalue weighted by Gasteiger charge is 2.46. The maximum atomic E-state index is 13.8. The number of fused-ring (bicyclic) bond motifs is 2. The molecule has 0 saturated carbocycles. The number of nitrogens with zero attached hydrogens (tertiary/aromatic N) is 3. The van der Waals surface area contributed by atoms with Gasteiger partial charge in [-0.2, -0.15) is 5.26 Å². The Morgan fingerprint density at radius 1 is 1.00 bits per heavy atom. The first-order chi connectivity index (χ1) is 28.5. The SMILES string of the molecule is CCOc1cc2ncc(C#N)c(Nc3ccc(F)c(Cl)c3)c2cc1NC(=O)CCOCCOCCNC(=O)COc1cccc2c1C(=O)N(C1CCC(=O)NC1=O)C2=O. The van der Waals surface area contributed by atoms with Crippen molar-refractivity contribution in [3.8, 4) is 17.6 Å². The third-order valence-corrected chi connectivity index (χ3v) is 9.34. The molecule has 306 valence electrons. The number of imide groups is 2. The molecule has 59 heavy (non-hydrogen) atoms. The number of hydrogen-bond donors (Lipinski definition) is 4. The summed E-state index contributed by atoms with van der Waals surface area (Å²) in [5.74, 6) is -3.77. The number of carbonyl (C=O) groups is 6. The van der Waals surface area contributed by atoms with Crippen LogP contribution in [0.1, 0.15) is 52.5 Å². The number of benzene rings is 3. The van der Waals surface area contributed by atoms with E-state index in [0.717, 1.165) is 4.90 Å². The number of nitrogens with one attached hydrogen (secondary N) is 4. The summed E-state index contributed by atoms with van der Waals surface area (Å²) in [6.45, 7) is 2.31. The zero-order valence-corrected chi connectivity index (χ0v) is 32.3. The molecule has 6 rings (SSSR count). The van der Waals surface area contributed by atoms with Crippen LogP contribution in [0.25, 0.3) is 10.9 Å². The van der Waals surface area contributed by atoms with Gasteiger partial charge >= 0.3 is 0 Å². The van der Waals surface area contributed by atoms with Crippen molar-refractivity contribution in [2.45, 2.75) is 32.2 Å². The predicted octanol–water partition coefficient (Wildman–Crippen LogP) is 4.00. The second kappa shape index (κ2) is 19.2. The molecule has 17 nitrogen and oxygen atoms in total. The molecule has 1 atom stereocenters. The van der Waals surface area contributed by atoms with Gasteiger partial charge in [0, 0.05) is 36.3 Å². The molecule has 0 bridgehead atoms. The molecule has 3 heterocycles. The number of carbonyl (C=O) groups excluding carboxylic acids is 6. The van der Waals surface area contributed by atoms with E-state index in [9.17, 15) is 38.4 Å². The number of ether oxygens (including phenoxy) is 4. The van der Waals surface area contributed by atoms with Crippen molar-refractivity contribution in [2.24, 2.45) is 0 Å². The molecule has 1 aromatic heterocycles. The normalized spacial score (nSPS) is 14.7. The Labute approximate surface area is 341 Å². The minimum atomic E-state index is -1.13. The lowest BCUT2D eigenvalue weighted by Crippen LogP contribution is -2.54. The zero-order chi connectivity index (χ0) is 42.1. The van der Waals surface area contributed by atoms with Gasteiger partial charge in [0.05, 0.1) is 78.1 Å². The smallest absolute Gasteiger partial charge is 0.266 e. The lowest BCUT2D eigenvalue weighted by molar-refractivity contribution is -0.136. The third kappa shape index (κ3) is 9.90. The Balaban J connectivity index is 0.915. The monoisotopic (exact) mass is 829 g/mol. The Hall–Kier alpha value is -6.68. The summed E-state index contributed by atoms with van der Waals surface area (Å²) in [4.78, 5) is 80.6. The molecule has 4 aromatic rings. The number of anilines is 3. The Morgan fingerprint density at radius 2 is 1.80 bits per heavy atom. The first-order valence-corrected chi connectivity index (χ1v) is 18.8. The van der Waals surface area contributed by atoms with E-state index >= 15 is 0 Å². The highest BCUT2D eigenvalue weighted by atomic mass is 35.5. The number of nitriles is 1. The average molecular weight is 830 g/mol. The number of halogens is 2. The van der Waals surface area contributed by atoms with E-state index in [4.69, 9.17) is 30.5 Å². The van der Waals surface area contributed by atoms with Crippen molar-refractivity contribution >= 4 is 75.0 Å². The second-order valence-electron chi connectivity index (χ2n) is 13.0. The molecule has 6 amide bonds. The van der Waals surface area contributed by atoms with Gasteiger partial charge in [0.1, 0.15) is 29.4 Å². The number of piperidine rings is 1. The molecular weight excluding hydrogens is 793 g/mol. The van der Waals surface area contributed by atoms with E-state index in [-0.39, 0.29) is 85.6 Å². The van der Waals surface area contributed by atoms with E-state index in [2.05, 4.69) is 32.3 Å². The van der Waals surface area contributed by atoms with Crippen molar-refractivity contribution in [2.75, 3.05) is 56.8 Å². The number of rotatable bonds is 18. The first-order valence-electron chi connectivity index (χ1n) is 18.4. The molecule has 2 aliphatic rings. The fraction of sp³-hybridized carbons (Fsp3) is 0.300. The maximum Gasteiger partial charge on any atom is 0.266 e. The molecule has 19 heteroatoms. The van der Waals surface area contributed by atoms with Gasteiger partial charge < -0.3 is 34.9 Å². The minimum absolute atomic E-state index is 0.00223. The molecule has 1 unspecified atom stereocenters. The van der Waals surface area contributed by atoms with E-state index < -0.39 is 48.0 Å². The highest BCUT2D eigenvalue weighted by molar-refractivity contribution is 6.31. The molecule has 1 fully saturated rings. The third-order valence-electron chi connectivity index (χ3n) is 9.06. The topological polar surface area (TPSA) is 227 Å². The minimum Gasteiger partial charge on any atom is -0.492 e. The fourth-order valence-electron chi connectivity index (χ4n) is 6.29. The average Bonchev–Trinajstić information content (AvgIpc) is 3.47. The summed E-state index contributed by atoms with van der Waals surface area (Å²) in [5, 5.41) is 20.9. The van der Waals surface area contributed by atoms with Crippen LogP contribution in [0.4, 0.5) is 21.5 Å². The van der Waals surface area contributed by atoms with Gasteiger partial charge in [-0.25, -0.2) is 4.39 Å². The van der Waals surface area contributed by atoms with Gasteiger partial charge in [0.2, 0.25) is 17.7 Å². The fourth-order valence-corrected chi connectivity index (χ4v) is 6.47. The highest BCUT2D eigenvalue weighted by Crippen LogP contribution is 2.37. The van der Waals surface area contributed by atoms with Gasteiger partial charge in [-0.05, 0) is 49.7 Å². The molecule has 1 saturated heterocycles. The Morgan fingerprint density at radius 3 is 2.54 bits per heavy atom. The molecule has 2 aliphatic heterocycles. The van der Waals surface area contributed by atoms with Gasteiger partial charge in [0.25, 0.3) is 17.7 Å². The van der Waals surface area contributed by atoms with Crippen LogP contribution in [0.15, 0.2) is 54.7 Å². The standard InChI is InChI=1S/C40H37ClFN7O10/c1-2-58-32-18-28-25(37(22(19-43)20-45-28)46-23-6-7-27(42)26(41)16-23)17-29(32)47-34(51)10-12-56-14-15-57-13-11-44-35(52)21-59-31-5-3-4-24-36(31)40(55)49(39(24)54)30-8-9-33(50)48-38(30)53/h3-7,16-18,20,30H,2,8-15,21H2,1H3,(H,44,52)(H,45,46)(H,47,51)(H,48,50,53). The second-order valence-corrected chi connectivity index (χ2v) is 13.4. The van der Waals surface area contributed by atoms with Crippen molar-refractivity contribution in [1.29, 1.82) is 5.26 Å². The lowest BCUT2D eigenvalue weighted by atomic mass is 10.0. The first kappa shape index (κ1) is 41.9. The van der Waals surface area contributed by atoms with E-state index in [1.807, 2.05) is 0 Å². The molecule has 4 N–H and O–H groups in total. The molecule has 0 aliphatic carbocycles. The molecule has 3 aromatic carbocycles. The Bertz CT molecular complexity index is 2370. The van der Waals surface area contributed by atoms with Crippen LogP contribution in [0.3, 0.4) is 0 Å². The van der Waals surface area contributed by atoms with E-state index in [1.54, 1.807) is 19.1 Å². The van der Waals surface area contributed by atoms with Crippen LogP contribution in [-0.4, -0.2) is 97.6 Å². The van der Waals surface area contributed by atoms with E-state index in [0.29, 0.717) is 40.3 Å². The molecule has 0 radical (unpaired) electrons. The number of hydrogen-bond acceptors (Lipinski definition) is 13. The van der Waals surface area contributed by atoms with Crippen LogP contribution in [-0.2, 0) is 28.7 Å². The summed E-state index contributed by atoms with van der Waals surface area (Å²) >= 11 is 5.96. The number of amides is 6. The van der Waals surface area contributed by atoms with Crippen LogP contribution in [0.5, 0.6) is 11.5 Å². The van der Waals surface area contributed by atoms with Crippen molar-refractivity contribution in [3.63, 3.8) is 0 Å². The summed E-state index contributed by atoms with van der Waals surface area (Å²) in [6.07, 6.45) is 1.38. The van der Waals surface area contributed by atoms with Gasteiger partial charge in [-0.3, -0.25) is 44.0 Å². The van der Waals surface area contributed by atoms with Crippen molar-refractivity contribution in [3.05, 3.63) is 82.3 Å². The van der Waals surface area contributed by atoms with Crippen molar-refractivity contribution < 1.29 is 52.1 Å². The quantitative estimate of drug-likeness (QED) is 0.0823. The van der Waals surface area contributed by atoms with Crippen LogP contribution in [0.2, 0.25) is 5.02 Å². The zero-order valence-electron chi connectivity index (χ0n) is 31.5. The van der Waals surface area contributed by atoms with Crippen molar-refractivity contribution in [1.82, 2.24) is 20.5 Å². The number of pyridine rings is 1. The summed E-state index contributed by atoms with van der Waals surface area (Å²) < 4.78 is 36.1. The van der Waals surface area contributed by atoms with Crippen LogP contribution in [0, 0.1) is 17.1 Å². The van der Waals surface area contributed by atoms with Crippen LogP contribution >= 0.6 is 11.6 Å². The maximum absolute atomic E-state index is 13.8.